The quantitative estimate of drug-likeness (QED) is 0.619. The highest BCUT2D eigenvalue weighted by molar-refractivity contribution is 6.30. The van der Waals surface area contributed by atoms with Gasteiger partial charge in [0.1, 0.15) is 5.82 Å². The van der Waals surface area contributed by atoms with Crippen molar-refractivity contribution in [3.05, 3.63) is 83.0 Å². The van der Waals surface area contributed by atoms with Crippen LogP contribution in [0.5, 0.6) is 0 Å². The van der Waals surface area contributed by atoms with E-state index in [9.17, 15) is 9.90 Å². The number of amides is 1. The van der Waals surface area contributed by atoms with Crippen LogP contribution in [0.2, 0.25) is 5.02 Å². The molecular formula is C19H17ClN4O2. The molecule has 3 aromatic rings. The van der Waals surface area contributed by atoms with Crippen LogP contribution in [0.1, 0.15) is 22.2 Å². The average molecular weight is 369 g/mol. The van der Waals surface area contributed by atoms with E-state index in [2.05, 4.69) is 20.8 Å². The first-order valence-corrected chi connectivity index (χ1v) is 8.37. The molecule has 0 radical (unpaired) electrons. The number of carbonyl (C=O) groups excluding carboxylic acids is 1. The van der Waals surface area contributed by atoms with Gasteiger partial charge in [-0.2, -0.15) is 0 Å². The summed E-state index contributed by atoms with van der Waals surface area (Å²) in [5.74, 6) is 0.130. The second-order valence-electron chi connectivity index (χ2n) is 5.57. The molecule has 0 saturated heterocycles. The van der Waals surface area contributed by atoms with Gasteiger partial charge in [0.05, 0.1) is 6.10 Å². The van der Waals surface area contributed by atoms with E-state index in [1.807, 2.05) is 18.2 Å². The van der Waals surface area contributed by atoms with Gasteiger partial charge in [-0.1, -0.05) is 41.9 Å². The predicted octanol–water partition coefficient (Wildman–Crippen LogP) is 3.53. The summed E-state index contributed by atoms with van der Waals surface area (Å²) in [4.78, 5) is 12.1. The fraction of sp³-hybridized carbons (Fsp3) is 0.105. The van der Waals surface area contributed by atoms with Gasteiger partial charge in [0.25, 0.3) is 5.91 Å². The largest absolute Gasteiger partial charge is 0.387 e. The molecule has 0 aliphatic rings. The van der Waals surface area contributed by atoms with Crippen molar-refractivity contribution in [2.75, 3.05) is 17.2 Å². The predicted molar refractivity (Wildman–Crippen MR) is 101 cm³/mol. The van der Waals surface area contributed by atoms with Crippen LogP contribution in [0.3, 0.4) is 0 Å². The molecule has 0 aliphatic carbocycles. The number of rotatable bonds is 6. The van der Waals surface area contributed by atoms with Crippen molar-refractivity contribution in [1.29, 1.82) is 0 Å². The van der Waals surface area contributed by atoms with E-state index in [4.69, 9.17) is 11.6 Å². The normalized spacial score (nSPS) is 11.6. The summed E-state index contributed by atoms with van der Waals surface area (Å²) in [6.45, 7) is 0.256. The second-order valence-corrected chi connectivity index (χ2v) is 6.01. The van der Waals surface area contributed by atoms with Gasteiger partial charge in [-0.05, 0) is 42.0 Å². The Bertz CT molecular complexity index is 855. The standard InChI is InChI=1S/C19H17ClN4O2/c20-14-8-6-13(7-9-14)17(25)12-21-18-11-10-16(23-24-18)19(26)22-15-4-2-1-3-5-15/h1-11,17,25H,12H2,(H,21,24)(H,22,26). The van der Waals surface area contributed by atoms with Crippen LogP contribution in [0.25, 0.3) is 0 Å². The van der Waals surface area contributed by atoms with Crippen LogP contribution in [0.15, 0.2) is 66.7 Å². The van der Waals surface area contributed by atoms with Gasteiger partial charge in [-0.15, -0.1) is 10.2 Å². The lowest BCUT2D eigenvalue weighted by atomic mass is 10.1. The fourth-order valence-electron chi connectivity index (χ4n) is 2.27. The smallest absolute Gasteiger partial charge is 0.276 e. The molecule has 1 unspecified atom stereocenters. The van der Waals surface area contributed by atoms with Crippen molar-refractivity contribution in [3.8, 4) is 0 Å². The van der Waals surface area contributed by atoms with Gasteiger partial charge in [0.2, 0.25) is 0 Å². The summed E-state index contributed by atoms with van der Waals surface area (Å²) in [5, 5.41) is 24.4. The Morgan fingerprint density at radius 3 is 2.38 bits per heavy atom. The van der Waals surface area contributed by atoms with Crippen LogP contribution >= 0.6 is 11.6 Å². The van der Waals surface area contributed by atoms with Gasteiger partial charge in [0, 0.05) is 17.3 Å². The van der Waals surface area contributed by atoms with Gasteiger partial charge in [-0.3, -0.25) is 4.79 Å². The SMILES string of the molecule is O=C(Nc1ccccc1)c1ccc(NCC(O)c2ccc(Cl)cc2)nn1. The summed E-state index contributed by atoms with van der Waals surface area (Å²) in [5.41, 5.74) is 1.64. The number of para-hydroxylation sites is 1. The fourth-order valence-corrected chi connectivity index (χ4v) is 2.39. The zero-order valence-corrected chi connectivity index (χ0v) is 14.5. The van der Waals surface area contributed by atoms with Crippen molar-refractivity contribution in [2.24, 2.45) is 0 Å². The van der Waals surface area contributed by atoms with Crippen molar-refractivity contribution < 1.29 is 9.90 Å². The Balaban J connectivity index is 1.55. The molecule has 0 spiro atoms. The van der Waals surface area contributed by atoms with E-state index in [1.54, 1.807) is 48.5 Å². The minimum atomic E-state index is -0.713. The maximum atomic E-state index is 12.1. The molecule has 1 atom stereocenters. The number of hydrogen-bond donors (Lipinski definition) is 3. The number of anilines is 2. The molecule has 0 aliphatic heterocycles. The van der Waals surface area contributed by atoms with Gasteiger partial charge in [-0.25, -0.2) is 0 Å². The van der Waals surface area contributed by atoms with E-state index in [-0.39, 0.29) is 18.1 Å². The molecule has 26 heavy (non-hydrogen) atoms. The van der Waals surface area contributed by atoms with E-state index in [0.29, 0.717) is 16.5 Å². The molecule has 0 fully saturated rings. The zero-order valence-electron chi connectivity index (χ0n) is 13.8. The highest BCUT2D eigenvalue weighted by Crippen LogP contribution is 2.17. The Labute approximate surface area is 155 Å². The average Bonchev–Trinajstić information content (AvgIpc) is 2.68. The number of aromatic nitrogens is 2. The van der Waals surface area contributed by atoms with E-state index < -0.39 is 6.10 Å². The second kappa shape index (κ2) is 8.42. The molecular weight excluding hydrogens is 352 g/mol. The third kappa shape index (κ3) is 4.78. The number of nitrogens with one attached hydrogen (secondary N) is 2. The summed E-state index contributed by atoms with van der Waals surface area (Å²) in [7, 11) is 0. The van der Waals surface area contributed by atoms with Crippen LogP contribution in [-0.2, 0) is 0 Å². The third-order valence-electron chi connectivity index (χ3n) is 3.66. The Kier molecular flexibility index (Phi) is 5.78. The number of carbonyl (C=O) groups is 1. The number of aliphatic hydroxyl groups excluding tert-OH is 1. The van der Waals surface area contributed by atoms with Crippen molar-refractivity contribution in [2.45, 2.75) is 6.10 Å². The topological polar surface area (TPSA) is 87.1 Å². The Morgan fingerprint density at radius 2 is 1.73 bits per heavy atom. The molecule has 132 valence electrons. The molecule has 6 nitrogen and oxygen atoms in total. The number of hydrogen-bond acceptors (Lipinski definition) is 5. The lowest BCUT2D eigenvalue weighted by Crippen LogP contribution is -2.16. The maximum Gasteiger partial charge on any atom is 0.276 e. The highest BCUT2D eigenvalue weighted by atomic mass is 35.5. The minimum absolute atomic E-state index is 0.206. The van der Waals surface area contributed by atoms with Crippen LogP contribution in [-0.4, -0.2) is 27.8 Å². The van der Waals surface area contributed by atoms with E-state index >= 15 is 0 Å². The first kappa shape index (κ1) is 17.8. The monoisotopic (exact) mass is 368 g/mol. The summed E-state index contributed by atoms with van der Waals surface area (Å²) < 4.78 is 0. The first-order valence-electron chi connectivity index (χ1n) is 7.99. The van der Waals surface area contributed by atoms with E-state index in [1.165, 1.54) is 0 Å². The molecule has 7 heteroatoms. The summed E-state index contributed by atoms with van der Waals surface area (Å²) >= 11 is 5.83. The molecule has 1 aromatic heterocycles. The van der Waals surface area contributed by atoms with Crippen LogP contribution in [0, 0.1) is 0 Å². The Morgan fingerprint density at radius 1 is 1.00 bits per heavy atom. The molecule has 0 bridgehead atoms. The maximum absolute atomic E-state index is 12.1. The van der Waals surface area contributed by atoms with E-state index in [0.717, 1.165) is 5.56 Å². The van der Waals surface area contributed by atoms with Gasteiger partial charge in [0.15, 0.2) is 5.69 Å². The van der Waals surface area contributed by atoms with Crippen molar-refractivity contribution in [3.63, 3.8) is 0 Å². The van der Waals surface area contributed by atoms with Crippen molar-refractivity contribution in [1.82, 2.24) is 10.2 Å². The van der Waals surface area contributed by atoms with Crippen molar-refractivity contribution >= 4 is 29.0 Å². The highest BCUT2D eigenvalue weighted by Gasteiger charge is 2.10. The van der Waals surface area contributed by atoms with Crippen LogP contribution in [0.4, 0.5) is 11.5 Å². The molecule has 3 N–H and O–H groups in total. The number of benzene rings is 2. The number of halogens is 1. The summed E-state index contributed by atoms with van der Waals surface area (Å²) in [6, 6.07) is 19.3. The molecule has 1 amide bonds. The minimum Gasteiger partial charge on any atom is -0.387 e. The van der Waals surface area contributed by atoms with Gasteiger partial charge >= 0.3 is 0 Å². The zero-order chi connectivity index (χ0) is 18.4. The number of nitrogens with zero attached hydrogens (tertiary/aromatic N) is 2. The molecule has 3 rings (SSSR count). The molecule has 1 heterocycles. The first-order chi connectivity index (χ1) is 12.6. The van der Waals surface area contributed by atoms with Crippen LogP contribution < -0.4 is 10.6 Å². The van der Waals surface area contributed by atoms with Gasteiger partial charge < -0.3 is 15.7 Å². The summed E-state index contributed by atoms with van der Waals surface area (Å²) in [6.07, 6.45) is -0.713. The third-order valence-corrected chi connectivity index (χ3v) is 3.91. The lowest BCUT2D eigenvalue weighted by Gasteiger charge is -2.12. The molecule has 0 saturated carbocycles. The molecule has 2 aromatic carbocycles. The lowest BCUT2D eigenvalue weighted by molar-refractivity contribution is 0.102. The number of aliphatic hydroxyl groups is 1. The Hall–Kier alpha value is -2.96.